The van der Waals surface area contributed by atoms with Gasteiger partial charge in [0.25, 0.3) is 0 Å². The van der Waals surface area contributed by atoms with Gasteiger partial charge in [0.05, 0.1) is 19.2 Å². The molecule has 0 bridgehead atoms. The molecule has 1 aromatic carbocycles. The third-order valence-corrected chi connectivity index (χ3v) is 2.74. The molecule has 0 spiro atoms. The van der Waals surface area contributed by atoms with E-state index in [9.17, 15) is 0 Å². The lowest BCUT2D eigenvalue weighted by Gasteiger charge is -2.11. The van der Waals surface area contributed by atoms with Crippen LogP contribution in [0.5, 0.6) is 11.5 Å². The summed E-state index contributed by atoms with van der Waals surface area (Å²) in [6.07, 6.45) is 0. The van der Waals surface area contributed by atoms with Gasteiger partial charge >= 0.3 is 0 Å². The van der Waals surface area contributed by atoms with Crippen LogP contribution in [0, 0.1) is 6.92 Å². The summed E-state index contributed by atoms with van der Waals surface area (Å²) < 4.78 is 10.4. The minimum atomic E-state index is 0.161. The van der Waals surface area contributed by atoms with Crippen molar-refractivity contribution in [2.45, 2.75) is 6.92 Å². The highest BCUT2D eigenvalue weighted by Gasteiger charge is 2.14. The maximum Gasteiger partial charge on any atom is 0.223 e. The van der Waals surface area contributed by atoms with E-state index in [1.165, 1.54) is 14.2 Å². The molecule has 1 aromatic heterocycles. The van der Waals surface area contributed by atoms with Gasteiger partial charge in [0.2, 0.25) is 5.95 Å². The number of benzene rings is 1. The zero-order chi connectivity index (χ0) is 14.0. The molecule has 0 atom stereocenters. The molecule has 0 saturated carbocycles. The van der Waals surface area contributed by atoms with E-state index in [4.69, 9.17) is 26.8 Å². The van der Waals surface area contributed by atoms with Crippen LogP contribution in [0.2, 0.25) is 5.02 Å². The van der Waals surface area contributed by atoms with Crippen molar-refractivity contribution < 1.29 is 9.47 Å². The molecule has 2 rings (SSSR count). The Kier molecular flexibility index (Phi) is 3.71. The summed E-state index contributed by atoms with van der Waals surface area (Å²) in [5.74, 6) is 2.10. The molecule has 1 heterocycles. The van der Waals surface area contributed by atoms with Crippen LogP contribution in [0.15, 0.2) is 12.1 Å². The van der Waals surface area contributed by atoms with Gasteiger partial charge in [-0.25, -0.2) is 4.98 Å². The highest BCUT2D eigenvalue weighted by atomic mass is 35.5. The van der Waals surface area contributed by atoms with Gasteiger partial charge in [0.1, 0.15) is 5.82 Å². The van der Waals surface area contributed by atoms with E-state index in [0.717, 1.165) is 0 Å². The van der Waals surface area contributed by atoms with Crippen molar-refractivity contribution in [3.8, 4) is 22.9 Å². The topological polar surface area (TPSA) is 83.2 Å². The lowest BCUT2D eigenvalue weighted by molar-refractivity contribution is 0.355. The molecule has 0 fully saturated rings. The van der Waals surface area contributed by atoms with Crippen LogP contribution < -0.4 is 15.2 Å². The van der Waals surface area contributed by atoms with E-state index in [1.807, 2.05) is 0 Å². The van der Waals surface area contributed by atoms with Crippen molar-refractivity contribution in [3.05, 3.63) is 23.0 Å². The average molecular weight is 281 g/mol. The minimum absolute atomic E-state index is 0.161. The second-order valence-electron chi connectivity index (χ2n) is 3.76. The number of ether oxygens (including phenoxy) is 2. The number of aryl methyl sites for hydroxylation is 1. The highest BCUT2D eigenvalue weighted by Crippen LogP contribution is 2.38. The van der Waals surface area contributed by atoms with Gasteiger partial charge in [-0.15, -0.1) is 0 Å². The first-order valence-electron chi connectivity index (χ1n) is 5.45. The second-order valence-corrected chi connectivity index (χ2v) is 4.17. The standard InChI is InChI=1S/C12H13ClN4O2/c1-6-15-11(17-12(14)16-6)7-4-8(13)10(19-3)9(5-7)18-2/h4-5H,1-3H3,(H2,14,15,16,17). The van der Waals surface area contributed by atoms with E-state index in [0.29, 0.717) is 33.7 Å². The van der Waals surface area contributed by atoms with E-state index in [-0.39, 0.29) is 5.95 Å². The second kappa shape index (κ2) is 5.27. The van der Waals surface area contributed by atoms with Crippen molar-refractivity contribution in [1.82, 2.24) is 15.0 Å². The number of nitrogen functional groups attached to an aromatic ring is 1. The SMILES string of the molecule is COc1cc(-c2nc(C)nc(N)n2)cc(Cl)c1OC. The molecule has 6 nitrogen and oxygen atoms in total. The number of rotatable bonds is 3. The molecule has 0 amide bonds. The van der Waals surface area contributed by atoms with Gasteiger partial charge in [0.15, 0.2) is 17.3 Å². The zero-order valence-corrected chi connectivity index (χ0v) is 11.5. The predicted molar refractivity (Wildman–Crippen MR) is 72.5 cm³/mol. The van der Waals surface area contributed by atoms with Crippen LogP contribution in [-0.2, 0) is 0 Å². The predicted octanol–water partition coefficient (Wildman–Crippen LogP) is 2.10. The Morgan fingerprint density at radius 2 is 1.84 bits per heavy atom. The summed E-state index contributed by atoms with van der Waals surface area (Å²) >= 11 is 6.14. The van der Waals surface area contributed by atoms with Crippen molar-refractivity contribution in [2.24, 2.45) is 0 Å². The number of anilines is 1. The maximum absolute atomic E-state index is 6.14. The summed E-state index contributed by atoms with van der Waals surface area (Å²) in [5.41, 5.74) is 6.29. The first-order valence-corrected chi connectivity index (χ1v) is 5.83. The monoisotopic (exact) mass is 280 g/mol. The number of hydrogen-bond donors (Lipinski definition) is 1. The fraction of sp³-hybridized carbons (Fsp3) is 0.250. The molecular weight excluding hydrogens is 268 g/mol. The zero-order valence-electron chi connectivity index (χ0n) is 10.8. The van der Waals surface area contributed by atoms with Crippen LogP contribution >= 0.6 is 11.6 Å². The first-order chi connectivity index (χ1) is 9.05. The van der Waals surface area contributed by atoms with Crippen LogP contribution in [-0.4, -0.2) is 29.2 Å². The molecule has 19 heavy (non-hydrogen) atoms. The Morgan fingerprint density at radius 3 is 2.42 bits per heavy atom. The molecule has 0 aliphatic rings. The average Bonchev–Trinajstić information content (AvgIpc) is 2.36. The lowest BCUT2D eigenvalue weighted by atomic mass is 10.2. The van der Waals surface area contributed by atoms with E-state index < -0.39 is 0 Å². The number of halogens is 1. The van der Waals surface area contributed by atoms with Crippen LogP contribution in [0.3, 0.4) is 0 Å². The Morgan fingerprint density at radius 1 is 1.11 bits per heavy atom. The summed E-state index contributed by atoms with van der Waals surface area (Å²) in [5, 5.41) is 0.411. The molecule has 7 heteroatoms. The van der Waals surface area contributed by atoms with E-state index in [2.05, 4.69) is 15.0 Å². The Balaban J connectivity index is 2.59. The number of hydrogen-bond acceptors (Lipinski definition) is 6. The molecular formula is C12H13ClN4O2. The van der Waals surface area contributed by atoms with Gasteiger partial charge in [-0.05, 0) is 19.1 Å². The summed E-state index contributed by atoms with van der Waals surface area (Å²) in [7, 11) is 3.06. The van der Waals surface area contributed by atoms with E-state index in [1.54, 1.807) is 19.1 Å². The molecule has 2 N–H and O–H groups in total. The van der Waals surface area contributed by atoms with Gasteiger partial charge in [0, 0.05) is 5.56 Å². The fourth-order valence-corrected chi connectivity index (χ4v) is 1.97. The lowest BCUT2D eigenvalue weighted by Crippen LogP contribution is -2.02. The van der Waals surface area contributed by atoms with Crippen LogP contribution in [0.1, 0.15) is 5.82 Å². The smallest absolute Gasteiger partial charge is 0.223 e. The third-order valence-electron chi connectivity index (χ3n) is 2.46. The quantitative estimate of drug-likeness (QED) is 0.927. The van der Waals surface area contributed by atoms with Crippen LogP contribution in [0.25, 0.3) is 11.4 Å². The summed E-state index contributed by atoms with van der Waals surface area (Å²) in [6.45, 7) is 1.74. The molecule has 0 saturated heterocycles. The van der Waals surface area contributed by atoms with E-state index >= 15 is 0 Å². The van der Waals surface area contributed by atoms with Gasteiger partial charge in [-0.1, -0.05) is 11.6 Å². The molecule has 2 aromatic rings. The minimum Gasteiger partial charge on any atom is -0.493 e. The largest absolute Gasteiger partial charge is 0.493 e. The first kappa shape index (κ1) is 13.4. The van der Waals surface area contributed by atoms with Crippen molar-refractivity contribution in [3.63, 3.8) is 0 Å². The van der Waals surface area contributed by atoms with Crippen molar-refractivity contribution in [2.75, 3.05) is 20.0 Å². The summed E-state index contributed by atoms with van der Waals surface area (Å²) in [6, 6.07) is 3.43. The molecule has 0 radical (unpaired) electrons. The fourth-order valence-electron chi connectivity index (χ4n) is 1.68. The van der Waals surface area contributed by atoms with Crippen molar-refractivity contribution >= 4 is 17.5 Å². The van der Waals surface area contributed by atoms with Gasteiger partial charge in [-0.2, -0.15) is 9.97 Å². The van der Waals surface area contributed by atoms with Crippen LogP contribution in [0.4, 0.5) is 5.95 Å². The van der Waals surface area contributed by atoms with Crippen molar-refractivity contribution in [1.29, 1.82) is 0 Å². The normalized spacial score (nSPS) is 10.3. The van der Waals surface area contributed by atoms with Gasteiger partial charge < -0.3 is 15.2 Å². The Bertz CT molecular complexity index is 599. The number of methoxy groups -OCH3 is 2. The Labute approximate surface area is 115 Å². The molecule has 0 aliphatic carbocycles. The summed E-state index contributed by atoms with van der Waals surface area (Å²) in [4.78, 5) is 12.2. The number of nitrogens with zero attached hydrogens (tertiary/aromatic N) is 3. The Hall–Kier alpha value is -2.08. The third kappa shape index (κ3) is 2.68. The molecule has 100 valence electrons. The molecule has 0 aliphatic heterocycles. The highest BCUT2D eigenvalue weighted by molar-refractivity contribution is 6.32. The molecule has 0 unspecified atom stereocenters. The number of aromatic nitrogens is 3. The van der Waals surface area contributed by atoms with Gasteiger partial charge in [-0.3, -0.25) is 0 Å². The maximum atomic E-state index is 6.14. The number of nitrogens with two attached hydrogens (primary N) is 1.